The summed E-state index contributed by atoms with van der Waals surface area (Å²) >= 11 is 0. The zero-order chi connectivity index (χ0) is 12.3. The van der Waals surface area contributed by atoms with Crippen molar-refractivity contribution in [1.82, 2.24) is 0 Å². The second-order valence-corrected chi connectivity index (χ2v) is 4.67. The van der Waals surface area contributed by atoms with Crippen LogP contribution in [0.2, 0.25) is 0 Å². The Morgan fingerprint density at radius 3 is 2.35 bits per heavy atom. The lowest BCUT2D eigenvalue weighted by molar-refractivity contribution is -0.143. The number of rotatable bonds is 2. The molecule has 0 heterocycles. The van der Waals surface area contributed by atoms with Crippen LogP contribution in [-0.2, 0) is 10.2 Å². The summed E-state index contributed by atoms with van der Waals surface area (Å²) in [5.41, 5.74) is 0.541. The average Bonchev–Trinajstić information content (AvgIpc) is 2.40. The molecule has 1 saturated carbocycles. The lowest BCUT2D eigenvalue weighted by atomic mass is 9.67. The first-order valence-electron chi connectivity index (χ1n) is 5.87. The van der Waals surface area contributed by atoms with Gasteiger partial charge in [-0.15, -0.1) is 0 Å². The zero-order valence-corrected chi connectivity index (χ0v) is 9.60. The van der Waals surface area contributed by atoms with E-state index in [2.05, 4.69) is 6.07 Å². The van der Waals surface area contributed by atoms with Crippen molar-refractivity contribution in [3.63, 3.8) is 0 Å². The van der Waals surface area contributed by atoms with Crippen LogP contribution in [0.3, 0.4) is 0 Å². The molecule has 0 atom stereocenters. The summed E-state index contributed by atoms with van der Waals surface area (Å²) in [5.74, 6) is -1.01. The Morgan fingerprint density at radius 2 is 1.88 bits per heavy atom. The van der Waals surface area contributed by atoms with Gasteiger partial charge in [-0.2, -0.15) is 5.26 Å². The number of benzene rings is 1. The van der Waals surface area contributed by atoms with Crippen molar-refractivity contribution < 1.29 is 9.90 Å². The number of carboxylic acids is 1. The molecule has 17 heavy (non-hydrogen) atoms. The van der Waals surface area contributed by atoms with Gasteiger partial charge in [0, 0.05) is 0 Å². The van der Waals surface area contributed by atoms with Crippen LogP contribution < -0.4 is 0 Å². The number of nitrogens with zero attached hydrogens (tertiary/aromatic N) is 1. The van der Waals surface area contributed by atoms with E-state index in [9.17, 15) is 10.1 Å². The maximum atomic E-state index is 10.9. The van der Waals surface area contributed by atoms with E-state index in [0.717, 1.165) is 5.56 Å². The number of carbonyl (C=O) groups is 1. The molecule has 0 amide bonds. The summed E-state index contributed by atoms with van der Waals surface area (Å²) in [5, 5.41) is 18.4. The Hall–Kier alpha value is -1.82. The molecule has 2 rings (SSSR count). The summed E-state index contributed by atoms with van der Waals surface area (Å²) in [6, 6.07) is 12.1. The minimum atomic E-state index is -0.732. The SMILES string of the molecule is N#CC1(c2ccccc2)CCC(C(=O)O)CC1. The van der Waals surface area contributed by atoms with Gasteiger partial charge in [0.05, 0.1) is 17.4 Å². The molecule has 3 nitrogen and oxygen atoms in total. The first-order chi connectivity index (χ1) is 8.18. The standard InChI is InChI=1S/C14H15NO2/c15-10-14(12-4-2-1-3-5-12)8-6-11(7-9-14)13(16)17/h1-5,11H,6-9H2,(H,16,17). The van der Waals surface area contributed by atoms with Gasteiger partial charge in [0.1, 0.15) is 0 Å². The maximum absolute atomic E-state index is 10.9. The molecule has 88 valence electrons. The Balaban J connectivity index is 2.20. The molecule has 0 radical (unpaired) electrons. The number of hydrogen-bond donors (Lipinski definition) is 1. The van der Waals surface area contributed by atoms with E-state index in [0.29, 0.717) is 25.7 Å². The molecule has 1 aliphatic carbocycles. The van der Waals surface area contributed by atoms with E-state index in [1.54, 1.807) is 0 Å². The van der Waals surface area contributed by atoms with Crippen LogP contribution >= 0.6 is 0 Å². The third-order valence-corrected chi connectivity index (χ3v) is 3.73. The highest BCUT2D eigenvalue weighted by Crippen LogP contribution is 2.41. The van der Waals surface area contributed by atoms with Crippen LogP contribution in [0.25, 0.3) is 0 Å². The predicted octanol–water partition coefficient (Wildman–Crippen LogP) is 2.72. The molecule has 1 N–H and O–H groups in total. The van der Waals surface area contributed by atoms with Crippen molar-refractivity contribution >= 4 is 5.97 Å². The highest BCUT2D eigenvalue weighted by Gasteiger charge is 2.38. The molecule has 1 aromatic rings. The third kappa shape index (κ3) is 2.16. The van der Waals surface area contributed by atoms with Crippen molar-refractivity contribution in [1.29, 1.82) is 5.26 Å². The molecule has 0 aromatic heterocycles. The second kappa shape index (κ2) is 4.58. The van der Waals surface area contributed by atoms with E-state index >= 15 is 0 Å². The first kappa shape index (κ1) is 11.7. The van der Waals surface area contributed by atoms with Crippen molar-refractivity contribution in [3.05, 3.63) is 35.9 Å². The molecular weight excluding hydrogens is 214 g/mol. The van der Waals surface area contributed by atoms with Crippen LogP contribution in [0, 0.1) is 17.2 Å². The van der Waals surface area contributed by atoms with Gasteiger partial charge < -0.3 is 5.11 Å². The minimum Gasteiger partial charge on any atom is -0.481 e. The molecular formula is C14H15NO2. The molecule has 0 unspecified atom stereocenters. The first-order valence-corrected chi connectivity index (χ1v) is 5.87. The molecule has 1 aromatic carbocycles. The van der Waals surface area contributed by atoms with Crippen molar-refractivity contribution in [2.45, 2.75) is 31.1 Å². The van der Waals surface area contributed by atoms with Gasteiger partial charge in [0.2, 0.25) is 0 Å². The average molecular weight is 229 g/mol. The summed E-state index contributed by atoms with van der Waals surface area (Å²) < 4.78 is 0. The fourth-order valence-corrected chi connectivity index (χ4v) is 2.58. The van der Waals surface area contributed by atoms with Gasteiger partial charge in [-0.05, 0) is 31.2 Å². The van der Waals surface area contributed by atoms with Crippen LogP contribution in [-0.4, -0.2) is 11.1 Å². The van der Waals surface area contributed by atoms with Gasteiger partial charge in [0.25, 0.3) is 0 Å². The minimum absolute atomic E-state index is 0.278. The topological polar surface area (TPSA) is 61.1 Å². The lowest BCUT2D eigenvalue weighted by Gasteiger charge is -2.33. The zero-order valence-electron chi connectivity index (χ0n) is 9.60. The van der Waals surface area contributed by atoms with Crippen LogP contribution in [0.4, 0.5) is 0 Å². The highest BCUT2D eigenvalue weighted by molar-refractivity contribution is 5.70. The highest BCUT2D eigenvalue weighted by atomic mass is 16.4. The summed E-state index contributed by atoms with van der Waals surface area (Å²) in [6.45, 7) is 0. The number of nitriles is 1. The summed E-state index contributed by atoms with van der Waals surface area (Å²) in [4.78, 5) is 10.9. The molecule has 1 aliphatic rings. The van der Waals surface area contributed by atoms with E-state index in [1.807, 2.05) is 30.3 Å². The molecule has 1 fully saturated rings. The molecule has 3 heteroatoms. The number of hydrogen-bond acceptors (Lipinski definition) is 2. The number of carboxylic acid groups (broad SMARTS) is 1. The quantitative estimate of drug-likeness (QED) is 0.848. The molecule has 0 aliphatic heterocycles. The van der Waals surface area contributed by atoms with Crippen LogP contribution in [0.1, 0.15) is 31.2 Å². The lowest BCUT2D eigenvalue weighted by Crippen LogP contribution is -2.32. The van der Waals surface area contributed by atoms with Gasteiger partial charge in [0.15, 0.2) is 0 Å². The summed E-state index contributed by atoms with van der Waals surface area (Å²) in [6.07, 6.45) is 2.48. The fourth-order valence-electron chi connectivity index (χ4n) is 2.58. The van der Waals surface area contributed by atoms with E-state index in [-0.39, 0.29) is 5.92 Å². The smallest absolute Gasteiger partial charge is 0.306 e. The van der Waals surface area contributed by atoms with Gasteiger partial charge in [-0.1, -0.05) is 30.3 Å². The third-order valence-electron chi connectivity index (χ3n) is 3.73. The Labute approximate surface area is 101 Å². The predicted molar refractivity (Wildman–Crippen MR) is 63.3 cm³/mol. The summed E-state index contributed by atoms with van der Waals surface area (Å²) in [7, 11) is 0. The van der Waals surface area contributed by atoms with Crippen molar-refractivity contribution in [2.75, 3.05) is 0 Å². The molecule has 0 saturated heterocycles. The fraction of sp³-hybridized carbons (Fsp3) is 0.429. The van der Waals surface area contributed by atoms with Gasteiger partial charge in [-0.25, -0.2) is 0 Å². The Kier molecular flexibility index (Phi) is 3.14. The monoisotopic (exact) mass is 229 g/mol. The Bertz CT molecular complexity index is 439. The van der Waals surface area contributed by atoms with Crippen LogP contribution in [0.15, 0.2) is 30.3 Å². The van der Waals surface area contributed by atoms with E-state index in [4.69, 9.17) is 5.11 Å². The van der Waals surface area contributed by atoms with E-state index < -0.39 is 11.4 Å². The van der Waals surface area contributed by atoms with Crippen molar-refractivity contribution in [3.8, 4) is 6.07 Å². The van der Waals surface area contributed by atoms with Crippen molar-refractivity contribution in [2.24, 2.45) is 5.92 Å². The molecule has 0 spiro atoms. The normalized spacial score (nSPS) is 28.3. The van der Waals surface area contributed by atoms with Gasteiger partial charge >= 0.3 is 5.97 Å². The second-order valence-electron chi connectivity index (χ2n) is 4.67. The van der Waals surface area contributed by atoms with Crippen LogP contribution in [0.5, 0.6) is 0 Å². The Morgan fingerprint density at radius 1 is 1.29 bits per heavy atom. The maximum Gasteiger partial charge on any atom is 0.306 e. The largest absolute Gasteiger partial charge is 0.481 e. The molecule has 0 bridgehead atoms. The van der Waals surface area contributed by atoms with Gasteiger partial charge in [-0.3, -0.25) is 4.79 Å². The van der Waals surface area contributed by atoms with E-state index in [1.165, 1.54) is 0 Å². The number of aliphatic carboxylic acids is 1.